The molecule has 3 rings (SSSR count). The van der Waals surface area contributed by atoms with Crippen LogP contribution in [0.25, 0.3) is 0 Å². The molecule has 2 fully saturated rings. The second kappa shape index (κ2) is 7.58. The summed E-state index contributed by atoms with van der Waals surface area (Å²) in [5, 5.41) is 12.4. The molecule has 0 aromatic heterocycles. The molecule has 1 aromatic carbocycles. The monoisotopic (exact) mass is 334 g/mol. The predicted molar refractivity (Wildman–Crippen MR) is 93.7 cm³/mol. The Kier molecular flexibility index (Phi) is 5.49. The molecular formula is C18H26N2O2S. The minimum atomic E-state index is 0.0286. The third kappa shape index (κ3) is 4.21. The number of rotatable bonds is 5. The van der Waals surface area contributed by atoms with Gasteiger partial charge in [0, 0.05) is 41.8 Å². The predicted octanol–water partition coefficient (Wildman–Crippen LogP) is 3.12. The van der Waals surface area contributed by atoms with Gasteiger partial charge in [0.25, 0.3) is 0 Å². The molecule has 126 valence electrons. The number of carbonyl (C=O) groups excluding carboxylic acids is 1. The number of nitrogens with one attached hydrogen (secondary N) is 1. The van der Waals surface area contributed by atoms with Crippen LogP contribution >= 0.6 is 11.8 Å². The van der Waals surface area contributed by atoms with Crippen LogP contribution in [0.1, 0.15) is 32.1 Å². The zero-order valence-corrected chi connectivity index (χ0v) is 14.4. The van der Waals surface area contributed by atoms with Gasteiger partial charge in [0.2, 0.25) is 0 Å². The topological polar surface area (TPSA) is 52.6 Å². The summed E-state index contributed by atoms with van der Waals surface area (Å²) in [6, 6.07) is 10.5. The molecule has 1 atom stereocenters. The lowest BCUT2D eigenvalue weighted by molar-refractivity contribution is 0.197. The molecule has 2 N–H and O–H groups in total. The molecular weight excluding hydrogens is 308 g/mol. The Morgan fingerprint density at radius 2 is 2.04 bits per heavy atom. The maximum absolute atomic E-state index is 12.4. The van der Waals surface area contributed by atoms with Gasteiger partial charge >= 0.3 is 6.03 Å². The highest BCUT2D eigenvalue weighted by atomic mass is 32.2. The lowest BCUT2D eigenvalue weighted by atomic mass is 10.1. The summed E-state index contributed by atoms with van der Waals surface area (Å²) in [4.78, 5) is 15.5. The highest BCUT2D eigenvalue weighted by Gasteiger charge is 2.36. The molecule has 2 amide bonds. The van der Waals surface area contributed by atoms with Crippen molar-refractivity contribution in [2.45, 2.75) is 41.7 Å². The van der Waals surface area contributed by atoms with Crippen molar-refractivity contribution in [2.24, 2.45) is 5.92 Å². The molecule has 1 aliphatic heterocycles. The molecule has 1 saturated heterocycles. The second-order valence-corrected chi connectivity index (χ2v) is 8.29. The number of urea groups is 1. The highest BCUT2D eigenvalue weighted by molar-refractivity contribution is 8.00. The summed E-state index contributed by atoms with van der Waals surface area (Å²) >= 11 is 1.92. The van der Waals surface area contributed by atoms with Crippen molar-refractivity contribution in [3.05, 3.63) is 30.3 Å². The van der Waals surface area contributed by atoms with Crippen LogP contribution in [0.15, 0.2) is 35.2 Å². The van der Waals surface area contributed by atoms with E-state index < -0.39 is 0 Å². The van der Waals surface area contributed by atoms with Gasteiger partial charge in [-0.25, -0.2) is 4.79 Å². The zero-order valence-electron chi connectivity index (χ0n) is 13.5. The van der Waals surface area contributed by atoms with Gasteiger partial charge in [0.05, 0.1) is 0 Å². The number of hydrogen-bond acceptors (Lipinski definition) is 3. The van der Waals surface area contributed by atoms with Gasteiger partial charge in [0.15, 0.2) is 0 Å². The molecule has 4 nitrogen and oxygen atoms in total. The lowest BCUT2D eigenvalue weighted by Gasteiger charge is -2.30. The Morgan fingerprint density at radius 1 is 1.30 bits per heavy atom. The van der Waals surface area contributed by atoms with Crippen molar-refractivity contribution in [1.29, 1.82) is 0 Å². The van der Waals surface area contributed by atoms with E-state index >= 15 is 0 Å². The SMILES string of the molecule is O=C(NCC1(Sc2ccccc2)CCCC1)N1CCC(CO)C1. The second-order valence-electron chi connectivity index (χ2n) is 6.75. The summed E-state index contributed by atoms with van der Waals surface area (Å²) in [5.41, 5.74) is 0. The van der Waals surface area contributed by atoms with Crippen molar-refractivity contribution >= 4 is 17.8 Å². The largest absolute Gasteiger partial charge is 0.396 e. The number of aliphatic hydroxyl groups is 1. The Hall–Kier alpha value is -1.20. The molecule has 1 aliphatic carbocycles. The van der Waals surface area contributed by atoms with Gasteiger partial charge in [-0.05, 0) is 31.4 Å². The van der Waals surface area contributed by atoms with Crippen molar-refractivity contribution < 1.29 is 9.90 Å². The number of nitrogens with zero attached hydrogens (tertiary/aromatic N) is 1. The first-order valence-electron chi connectivity index (χ1n) is 8.58. The van der Waals surface area contributed by atoms with E-state index in [0.29, 0.717) is 6.54 Å². The standard InChI is InChI=1S/C18H26N2O2S/c21-13-15-8-11-20(12-15)17(22)19-14-18(9-4-5-10-18)23-16-6-2-1-3-7-16/h1-3,6-7,15,21H,4-5,8-14H2,(H,19,22). The van der Waals surface area contributed by atoms with Crippen molar-refractivity contribution in [1.82, 2.24) is 10.2 Å². The van der Waals surface area contributed by atoms with Gasteiger partial charge in [-0.15, -0.1) is 11.8 Å². The fourth-order valence-electron chi connectivity index (χ4n) is 3.59. The summed E-state index contributed by atoms with van der Waals surface area (Å²) in [6.07, 6.45) is 5.71. The van der Waals surface area contributed by atoms with Crippen LogP contribution in [-0.4, -0.2) is 47.0 Å². The first kappa shape index (κ1) is 16.7. The Bertz CT molecular complexity index is 517. The Labute approximate surface area is 142 Å². The van der Waals surface area contributed by atoms with Gasteiger partial charge in [0.1, 0.15) is 0 Å². The van der Waals surface area contributed by atoms with E-state index in [1.807, 2.05) is 22.7 Å². The van der Waals surface area contributed by atoms with Crippen molar-refractivity contribution in [3.8, 4) is 0 Å². The number of likely N-dealkylation sites (tertiary alicyclic amines) is 1. The quantitative estimate of drug-likeness (QED) is 0.870. The van der Waals surface area contributed by atoms with Gasteiger partial charge in [-0.2, -0.15) is 0 Å². The first-order valence-corrected chi connectivity index (χ1v) is 9.40. The average molecular weight is 334 g/mol. The number of carbonyl (C=O) groups is 1. The van der Waals surface area contributed by atoms with Crippen LogP contribution in [0.2, 0.25) is 0 Å². The summed E-state index contributed by atoms with van der Waals surface area (Å²) < 4.78 is 0.132. The molecule has 0 spiro atoms. The summed E-state index contributed by atoms with van der Waals surface area (Å²) in [6.45, 7) is 2.35. The van der Waals surface area contributed by atoms with Crippen LogP contribution < -0.4 is 5.32 Å². The number of amides is 2. The molecule has 1 unspecified atom stereocenters. The van der Waals surface area contributed by atoms with Gasteiger partial charge < -0.3 is 15.3 Å². The van der Waals surface area contributed by atoms with Crippen LogP contribution in [-0.2, 0) is 0 Å². The molecule has 1 saturated carbocycles. The van der Waals surface area contributed by atoms with Crippen LogP contribution in [0.4, 0.5) is 4.79 Å². The smallest absolute Gasteiger partial charge is 0.317 e. The Morgan fingerprint density at radius 3 is 2.70 bits per heavy atom. The van der Waals surface area contributed by atoms with Gasteiger partial charge in [-0.1, -0.05) is 31.0 Å². The van der Waals surface area contributed by atoms with E-state index in [-0.39, 0.29) is 23.3 Å². The van der Waals surface area contributed by atoms with E-state index in [1.165, 1.54) is 17.7 Å². The van der Waals surface area contributed by atoms with Gasteiger partial charge in [-0.3, -0.25) is 0 Å². The Balaban J connectivity index is 1.56. The number of hydrogen-bond donors (Lipinski definition) is 2. The molecule has 23 heavy (non-hydrogen) atoms. The minimum absolute atomic E-state index is 0.0286. The molecule has 1 aromatic rings. The van der Waals surface area contributed by atoms with Crippen LogP contribution in [0.3, 0.4) is 0 Å². The molecule has 0 bridgehead atoms. The number of aliphatic hydroxyl groups excluding tert-OH is 1. The molecule has 0 radical (unpaired) electrons. The third-order valence-corrected chi connectivity index (χ3v) is 6.48. The zero-order chi connectivity index (χ0) is 16.1. The molecule has 5 heteroatoms. The third-order valence-electron chi connectivity index (χ3n) is 4.99. The normalized spacial score (nSPS) is 23.2. The average Bonchev–Trinajstić information content (AvgIpc) is 3.23. The highest BCUT2D eigenvalue weighted by Crippen LogP contribution is 2.44. The van der Waals surface area contributed by atoms with Crippen LogP contribution in [0.5, 0.6) is 0 Å². The molecule has 2 aliphatic rings. The fourth-order valence-corrected chi connectivity index (χ4v) is 5.02. The maximum atomic E-state index is 12.4. The number of benzene rings is 1. The fraction of sp³-hybridized carbons (Fsp3) is 0.611. The molecule has 1 heterocycles. The van der Waals surface area contributed by atoms with Crippen LogP contribution in [0, 0.1) is 5.92 Å². The lowest BCUT2D eigenvalue weighted by Crippen LogP contribution is -2.45. The van der Waals surface area contributed by atoms with Crippen molar-refractivity contribution in [3.63, 3.8) is 0 Å². The van der Waals surface area contributed by atoms with Crippen molar-refractivity contribution in [2.75, 3.05) is 26.2 Å². The maximum Gasteiger partial charge on any atom is 0.317 e. The van der Waals surface area contributed by atoms with E-state index in [9.17, 15) is 9.90 Å². The van der Waals surface area contributed by atoms with E-state index in [2.05, 4.69) is 29.6 Å². The minimum Gasteiger partial charge on any atom is -0.396 e. The van der Waals surface area contributed by atoms with E-state index in [4.69, 9.17) is 0 Å². The summed E-state index contributed by atoms with van der Waals surface area (Å²) in [7, 11) is 0. The summed E-state index contributed by atoms with van der Waals surface area (Å²) in [5.74, 6) is 0.250. The first-order chi connectivity index (χ1) is 11.2. The van der Waals surface area contributed by atoms with E-state index in [1.54, 1.807) is 0 Å². The van der Waals surface area contributed by atoms with E-state index in [0.717, 1.165) is 32.4 Å². The number of thioether (sulfide) groups is 1.